The molecular formula is C30H30N4O3S. The summed E-state index contributed by atoms with van der Waals surface area (Å²) >= 11 is 1.53. The van der Waals surface area contributed by atoms with Crippen LogP contribution in [0.5, 0.6) is 5.75 Å². The number of rotatable bonds is 8. The van der Waals surface area contributed by atoms with E-state index in [-0.39, 0.29) is 18.2 Å². The molecule has 0 radical (unpaired) electrons. The lowest BCUT2D eigenvalue weighted by molar-refractivity contribution is -0.125. The standard InChI is InChI=1S/C30H30N4O3S/c1-19-12-13-22(20(2)16-19)18-38-30-33-24-10-6-5-9-23(24)28-32-25(29(36)34(28)30)14-15-27(35)31-17-21-8-4-7-11-26(21)37-3/h4-13,16,25H,14-15,17-18H2,1-3H3,(H,31,35)/t25-/m0/s1. The molecule has 5 rings (SSSR count). The van der Waals surface area contributed by atoms with Gasteiger partial charge < -0.3 is 10.1 Å². The van der Waals surface area contributed by atoms with Crippen LogP contribution in [0.25, 0.3) is 0 Å². The van der Waals surface area contributed by atoms with Crippen LogP contribution in [0.4, 0.5) is 5.69 Å². The molecule has 0 aliphatic carbocycles. The molecule has 0 saturated carbocycles. The second kappa shape index (κ2) is 11.2. The predicted molar refractivity (Wildman–Crippen MR) is 152 cm³/mol. The summed E-state index contributed by atoms with van der Waals surface area (Å²) < 4.78 is 5.35. The van der Waals surface area contributed by atoms with Gasteiger partial charge in [0.15, 0.2) is 5.17 Å². The average Bonchev–Trinajstić information content (AvgIpc) is 3.26. The Labute approximate surface area is 227 Å². The maximum atomic E-state index is 13.5. The van der Waals surface area contributed by atoms with E-state index in [0.717, 1.165) is 22.6 Å². The molecule has 0 bridgehead atoms. The number of hydrogen-bond donors (Lipinski definition) is 1. The van der Waals surface area contributed by atoms with E-state index in [9.17, 15) is 9.59 Å². The van der Waals surface area contributed by atoms with Gasteiger partial charge in [-0.25, -0.2) is 9.89 Å². The molecule has 3 aromatic rings. The number of carbonyl (C=O) groups excluding carboxylic acids is 2. The zero-order valence-corrected chi connectivity index (χ0v) is 22.5. The third-order valence-corrected chi connectivity index (χ3v) is 7.70. The van der Waals surface area contributed by atoms with Crippen LogP contribution < -0.4 is 10.1 Å². The highest BCUT2D eigenvalue weighted by atomic mass is 32.2. The van der Waals surface area contributed by atoms with Crippen molar-refractivity contribution in [3.63, 3.8) is 0 Å². The van der Waals surface area contributed by atoms with Crippen LogP contribution in [0, 0.1) is 13.8 Å². The quantitative estimate of drug-likeness (QED) is 0.432. The van der Waals surface area contributed by atoms with Crippen molar-refractivity contribution < 1.29 is 14.3 Å². The molecule has 0 fully saturated rings. The van der Waals surface area contributed by atoms with Crippen molar-refractivity contribution in [2.75, 3.05) is 7.11 Å². The summed E-state index contributed by atoms with van der Waals surface area (Å²) in [6.45, 7) is 4.54. The first-order valence-corrected chi connectivity index (χ1v) is 13.6. The Hall–Kier alpha value is -3.91. The Morgan fingerprint density at radius 2 is 1.84 bits per heavy atom. The van der Waals surface area contributed by atoms with Gasteiger partial charge in [0.05, 0.1) is 12.8 Å². The summed E-state index contributed by atoms with van der Waals surface area (Å²) in [5, 5.41) is 3.55. The lowest BCUT2D eigenvalue weighted by Crippen LogP contribution is -2.41. The van der Waals surface area contributed by atoms with Crippen LogP contribution in [0.15, 0.2) is 76.7 Å². The molecule has 3 aromatic carbocycles. The molecule has 2 heterocycles. The lowest BCUT2D eigenvalue weighted by atomic mass is 10.1. The maximum absolute atomic E-state index is 13.5. The van der Waals surface area contributed by atoms with Gasteiger partial charge in [-0.2, -0.15) is 0 Å². The van der Waals surface area contributed by atoms with Crippen molar-refractivity contribution in [1.82, 2.24) is 10.2 Å². The Balaban J connectivity index is 1.28. The molecular weight excluding hydrogens is 496 g/mol. The zero-order chi connectivity index (χ0) is 26.6. The second-order valence-electron chi connectivity index (χ2n) is 9.40. The van der Waals surface area contributed by atoms with Crippen molar-refractivity contribution in [1.29, 1.82) is 0 Å². The molecule has 1 atom stereocenters. The molecule has 0 unspecified atom stereocenters. The molecule has 8 heteroatoms. The van der Waals surface area contributed by atoms with Crippen LogP contribution >= 0.6 is 11.8 Å². The first-order valence-electron chi connectivity index (χ1n) is 12.6. The third kappa shape index (κ3) is 5.36. The number of benzene rings is 3. The number of thioether (sulfide) groups is 1. The van der Waals surface area contributed by atoms with Crippen LogP contribution in [-0.4, -0.2) is 40.9 Å². The normalized spacial score (nSPS) is 15.9. The van der Waals surface area contributed by atoms with Gasteiger partial charge in [0.25, 0.3) is 5.91 Å². The van der Waals surface area contributed by atoms with Gasteiger partial charge in [-0.1, -0.05) is 65.9 Å². The van der Waals surface area contributed by atoms with E-state index in [0.29, 0.717) is 29.7 Å². The highest BCUT2D eigenvalue weighted by Crippen LogP contribution is 2.35. The Bertz CT molecular complexity index is 1450. The number of ether oxygens (including phenoxy) is 1. The number of carbonyl (C=O) groups is 2. The average molecular weight is 527 g/mol. The van der Waals surface area contributed by atoms with E-state index in [1.165, 1.54) is 28.5 Å². The van der Waals surface area contributed by atoms with Gasteiger partial charge in [0.1, 0.15) is 17.6 Å². The number of hydrogen-bond acceptors (Lipinski definition) is 6. The van der Waals surface area contributed by atoms with E-state index in [1.807, 2.05) is 48.5 Å². The summed E-state index contributed by atoms with van der Waals surface area (Å²) in [7, 11) is 1.61. The van der Waals surface area contributed by atoms with Crippen LogP contribution in [-0.2, 0) is 21.9 Å². The molecule has 0 spiro atoms. The topological polar surface area (TPSA) is 83.4 Å². The fourth-order valence-corrected chi connectivity index (χ4v) is 5.71. The van der Waals surface area contributed by atoms with Crippen molar-refractivity contribution in [3.05, 3.63) is 94.5 Å². The minimum absolute atomic E-state index is 0.132. The smallest absolute Gasteiger partial charge is 0.259 e. The van der Waals surface area contributed by atoms with Crippen LogP contribution in [0.1, 0.15) is 40.7 Å². The zero-order valence-electron chi connectivity index (χ0n) is 21.7. The van der Waals surface area contributed by atoms with Crippen molar-refractivity contribution in [3.8, 4) is 5.75 Å². The second-order valence-corrected chi connectivity index (χ2v) is 10.3. The molecule has 38 heavy (non-hydrogen) atoms. The predicted octanol–water partition coefficient (Wildman–Crippen LogP) is 5.30. The van der Waals surface area contributed by atoms with Gasteiger partial charge in [-0.05, 0) is 49.6 Å². The first kappa shape index (κ1) is 25.7. The van der Waals surface area contributed by atoms with E-state index in [2.05, 4.69) is 37.4 Å². The first-order chi connectivity index (χ1) is 18.4. The number of aryl methyl sites for hydroxylation is 2. The highest BCUT2D eigenvalue weighted by molar-refractivity contribution is 8.13. The lowest BCUT2D eigenvalue weighted by Gasteiger charge is -2.25. The summed E-state index contributed by atoms with van der Waals surface area (Å²) in [6, 6.07) is 21.1. The summed E-state index contributed by atoms with van der Waals surface area (Å²) in [6.07, 6.45) is 0.522. The van der Waals surface area contributed by atoms with Crippen molar-refractivity contribution in [2.24, 2.45) is 9.98 Å². The minimum Gasteiger partial charge on any atom is -0.496 e. The summed E-state index contributed by atoms with van der Waals surface area (Å²) in [4.78, 5) is 37.4. The number of nitrogens with zero attached hydrogens (tertiary/aromatic N) is 3. The maximum Gasteiger partial charge on any atom is 0.259 e. The summed E-state index contributed by atoms with van der Waals surface area (Å²) in [5.41, 5.74) is 6.17. The molecule has 2 amide bonds. The SMILES string of the molecule is COc1ccccc1CNC(=O)CC[C@@H]1N=C2c3ccccc3N=C(SCc3ccc(C)cc3C)N2C1=O. The number of amides is 2. The van der Waals surface area contributed by atoms with Gasteiger partial charge in [-0.3, -0.25) is 14.6 Å². The van der Waals surface area contributed by atoms with Crippen LogP contribution in [0.2, 0.25) is 0 Å². The van der Waals surface area contributed by atoms with Gasteiger partial charge in [0, 0.05) is 29.8 Å². The Kier molecular flexibility index (Phi) is 7.60. The Morgan fingerprint density at radius 3 is 2.66 bits per heavy atom. The Morgan fingerprint density at radius 1 is 1.05 bits per heavy atom. The van der Waals surface area contributed by atoms with Crippen LogP contribution in [0.3, 0.4) is 0 Å². The molecule has 0 saturated heterocycles. The monoisotopic (exact) mass is 526 g/mol. The van der Waals surface area contributed by atoms with Gasteiger partial charge in [-0.15, -0.1) is 0 Å². The number of amidine groups is 2. The number of methoxy groups -OCH3 is 1. The number of nitrogens with one attached hydrogen (secondary N) is 1. The summed E-state index contributed by atoms with van der Waals surface area (Å²) in [5.74, 6) is 1.76. The van der Waals surface area contributed by atoms with E-state index in [1.54, 1.807) is 12.0 Å². The number of para-hydroxylation sites is 2. The number of aliphatic imine (C=N–C) groups is 2. The van der Waals surface area contributed by atoms with Crippen molar-refractivity contribution in [2.45, 2.75) is 45.0 Å². The molecule has 194 valence electrons. The fourth-order valence-electron chi connectivity index (χ4n) is 4.64. The fraction of sp³-hybridized carbons (Fsp3) is 0.267. The highest BCUT2D eigenvalue weighted by Gasteiger charge is 2.41. The molecule has 7 nitrogen and oxygen atoms in total. The largest absolute Gasteiger partial charge is 0.496 e. The molecule has 0 aromatic heterocycles. The molecule has 2 aliphatic heterocycles. The van der Waals surface area contributed by atoms with Crippen molar-refractivity contribution >= 4 is 40.3 Å². The van der Waals surface area contributed by atoms with Gasteiger partial charge >= 0.3 is 0 Å². The van der Waals surface area contributed by atoms with E-state index in [4.69, 9.17) is 14.7 Å². The third-order valence-electron chi connectivity index (χ3n) is 6.72. The number of fused-ring (bicyclic) bond motifs is 3. The van der Waals surface area contributed by atoms with E-state index < -0.39 is 6.04 Å². The molecule has 2 aliphatic rings. The minimum atomic E-state index is -0.625. The van der Waals surface area contributed by atoms with Gasteiger partial charge in [0.2, 0.25) is 5.91 Å². The molecule has 1 N–H and O–H groups in total. The van der Waals surface area contributed by atoms with E-state index >= 15 is 0 Å².